The molecule has 1 amide bonds. The Morgan fingerprint density at radius 2 is 1.95 bits per heavy atom. The summed E-state index contributed by atoms with van der Waals surface area (Å²) < 4.78 is 0. The van der Waals surface area contributed by atoms with Gasteiger partial charge in [0.25, 0.3) is 0 Å². The van der Waals surface area contributed by atoms with Gasteiger partial charge >= 0.3 is 0 Å². The van der Waals surface area contributed by atoms with Gasteiger partial charge in [0.1, 0.15) is 0 Å². The molecule has 1 aliphatic heterocycles. The molecule has 0 bridgehead atoms. The normalized spacial score (nSPS) is 22.6. The standard InChI is InChI=1S/C18H26N2O/c1-2-3-5-14-7-11-16(12-8-14)20-13-4-6-17(18(20)21)19-15-9-10-15/h7-8,11-12,15,17,19H,2-6,9-10,13H2,1H3. The van der Waals surface area contributed by atoms with Gasteiger partial charge in [-0.1, -0.05) is 25.5 Å². The van der Waals surface area contributed by atoms with Crippen LogP contribution in [0.25, 0.3) is 0 Å². The number of anilines is 1. The van der Waals surface area contributed by atoms with Crippen LogP contribution in [0.1, 0.15) is 51.0 Å². The summed E-state index contributed by atoms with van der Waals surface area (Å²) in [4.78, 5) is 14.6. The monoisotopic (exact) mass is 286 g/mol. The molecular formula is C18H26N2O. The largest absolute Gasteiger partial charge is 0.311 e. The number of rotatable bonds is 6. The van der Waals surface area contributed by atoms with Crippen molar-refractivity contribution in [2.24, 2.45) is 0 Å². The number of hydrogen-bond acceptors (Lipinski definition) is 2. The second-order valence-corrected chi connectivity index (χ2v) is 6.40. The minimum atomic E-state index is 0.0333. The Hall–Kier alpha value is -1.35. The smallest absolute Gasteiger partial charge is 0.244 e. The molecule has 2 aliphatic rings. The van der Waals surface area contributed by atoms with Crippen LogP contribution in [-0.2, 0) is 11.2 Å². The quantitative estimate of drug-likeness (QED) is 0.870. The summed E-state index contributed by atoms with van der Waals surface area (Å²) in [5.41, 5.74) is 2.43. The zero-order valence-corrected chi connectivity index (χ0v) is 13.0. The third-order valence-electron chi connectivity index (χ3n) is 4.52. The van der Waals surface area contributed by atoms with E-state index in [0.29, 0.717) is 6.04 Å². The molecule has 1 aromatic rings. The lowest BCUT2D eigenvalue weighted by molar-refractivity contribution is -0.121. The van der Waals surface area contributed by atoms with E-state index in [2.05, 4.69) is 36.5 Å². The molecule has 2 fully saturated rings. The Kier molecular flexibility index (Phi) is 4.59. The lowest BCUT2D eigenvalue weighted by atomic mass is 10.0. The number of nitrogens with zero attached hydrogens (tertiary/aromatic N) is 1. The van der Waals surface area contributed by atoms with Gasteiger partial charge in [-0.2, -0.15) is 0 Å². The van der Waals surface area contributed by atoms with E-state index in [9.17, 15) is 4.79 Å². The van der Waals surface area contributed by atoms with Crippen LogP contribution in [0.4, 0.5) is 5.69 Å². The molecule has 1 aromatic carbocycles. The van der Waals surface area contributed by atoms with Gasteiger partial charge in [-0.25, -0.2) is 0 Å². The summed E-state index contributed by atoms with van der Waals surface area (Å²) in [6, 6.07) is 9.21. The van der Waals surface area contributed by atoms with Crippen LogP contribution < -0.4 is 10.2 Å². The summed E-state index contributed by atoms with van der Waals surface area (Å²) >= 11 is 0. The molecule has 1 aliphatic carbocycles. The molecule has 1 saturated carbocycles. The first-order valence-electron chi connectivity index (χ1n) is 8.44. The van der Waals surface area contributed by atoms with Crippen LogP contribution >= 0.6 is 0 Å². The molecule has 3 rings (SSSR count). The minimum Gasteiger partial charge on any atom is -0.311 e. The molecule has 1 N–H and O–H groups in total. The van der Waals surface area contributed by atoms with E-state index in [1.807, 2.05) is 4.90 Å². The number of benzene rings is 1. The fourth-order valence-electron chi connectivity index (χ4n) is 3.04. The average Bonchev–Trinajstić information content (AvgIpc) is 3.32. The van der Waals surface area contributed by atoms with Crippen LogP contribution in [0, 0.1) is 0 Å². The van der Waals surface area contributed by atoms with Crippen LogP contribution in [-0.4, -0.2) is 24.5 Å². The van der Waals surface area contributed by atoms with Crippen LogP contribution in [0.3, 0.4) is 0 Å². The van der Waals surface area contributed by atoms with Crippen molar-refractivity contribution >= 4 is 11.6 Å². The summed E-state index contributed by atoms with van der Waals surface area (Å²) in [5, 5.41) is 3.49. The molecular weight excluding hydrogens is 260 g/mol. The molecule has 21 heavy (non-hydrogen) atoms. The lowest BCUT2D eigenvalue weighted by Crippen LogP contribution is -2.51. The lowest BCUT2D eigenvalue weighted by Gasteiger charge is -2.33. The molecule has 3 nitrogen and oxygen atoms in total. The van der Waals surface area contributed by atoms with Crippen LogP contribution in [0.5, 0.6) is 0 Å². The average molecular weight is 286 g/mol. The van der Waals surface area contributed by atoms with E-state index in [1.54, 1.807) is 0 Å². The fraction of sp³-hybridized carbons (Fsp3) is 0.611. The maximum absolute atomic E-state index is 12.6. The highest BCUT2D eigenvalue weighted by molar-refractivity contribution is 5.98. The second-order valence-electron chi connectivity index (χ2n) is 6.40. The number of nitrogens with one attached hydrogen (secondary N) is 1. The van der Waals surface area contributed by atoms with Gasteiger partial charge in [0.15, 0.2) is 0 Å². The van der Waals surface area contributed by atoms with Gasteiger partial charge in [-0.3, -0.25) is 4.79 Å². The second kappa shape index (κ2) is 6.61. The zero-order chi connectivity index (χ0) is 14.7. The molecule has 114 valence electrons. The number of hydrogen-bond donors (Lipinski definition) is 1. The number of carbonyl (C=O) groups is 1. The molecule has 0 aromatic heterocycles. The molecule has 0 spiro atoms. The van der Waals surface area contributed by atoms with Crippen molar-refractivity contribution in [2.75, 3.05) is 11.4 Å². The van der Waals surface area contributed by atoms with Crippen molar-refractivity contribution < 1.29 is 4.79 Å². The highest BCUT2D eigenvalue weighted by Crippen LogP contribution is 2.25. The molecule has 3 heteroatoms. The Morgan fingerprint density at radius 3 is 2.62 bits per heavy atom. The van der Waals surface area contributed by atoms with Gasteiger partial charge in [-0.15, -0.1) is 0 Å². The molecule has 1 atom stereocenters. The van der Waals surface area contributed by atoms with Gasteiger partial charge in [0.2, 0.25) is 5.91 Å². The first-order chi connectivity index (χ1) is 10.3. The van der Waals surface area contributed by atoms with E-state index in [1.165, 1.54) is 31.2 Å². The Labute approximate surface area is 127 Å². The van der Waals surface area contributed by atoms with Gasteiger partial charge in [0.05, 0.1) is 6.04 Å². The maximum atomic E-state index is 12.6. The van der Waals surface area contributed by atoms with E-state index >= 15 is 0 Å². The van der Waals surface area contributed by atoms with Crippen LogP contribution in [0.15, 0.2) is 24.3 Å². The van der Waals surface area contributed by atoms with Crippen molar-refractivity contribution in [3.63, 3.8) is 0 Å². The number of aryl methyl sites for hydroxylation is 1. The number of carbonyl (C=O) groups excluding carboxylic acids is 1. The SMILES string of the molecule is CCCCc1ccc(N2CCCC(NC3CC3)C2=O)cc1. The van der Waals surface area contributed by atoms with Crippen LogP contribution in [0.2, 0.25) is 0 Å². The van der Waals surface area contributed by atoms with Crippen molar-refractivity contribution in [1.82, 2.24) is 5.32 Å². The van der Waals surface area contributed by atoms with Crippen molar-refractivity contribution in [3.8, 4) is 0 Å². The van der Waals surface area contributed by atoms with Crippen molar-refractivity contribution in [3.05, 3.63) is 29.8 Å². The molecule has 0 radical (unpaired) electrons. The summed E-state index contributed by atoms with van der Waals surface area (Å²) in [5.74, 6) is 0.259. The first-order valence-corrected chi connectivity index (χ1v) is 8.44. The third kappa shape index (κ3) is 3.65. The van der Waals surface area contributed by atoms with E-state index in [0.717, 1.165) is 31.5 Å². The van der Waals surface area contributed by atoms with E-state index < -0.39 is 0 Å². The first kappa shape index (κ1) is 14.6. The Balaban J connectivity index is 1.65. The third-order valence-corrected chi connectivity index (χ3v) is 4.52. The summed E-state index contributed by atoms with van der Waals surface area (Å²) in [6.45, 7) is 3.07. The Morgan fingerprint density at radius 1 is 1.19 bits per heavy atom. The fourth-order valence-corrected chi connectivity index (χ4v) is 3.04. The van der Waals surface area contributed by atoms with Crippen molar-refractivity contribution in [1.29, 1.82) is 0 Å². The predicted molar refractivity (Wildman–Crippen MR) is 86.6 cm³/mol. The number of piperidine rings is 1. The predicted octanol–water partition coefficient (Wildman–Crippen LogP) is 3.28. The molecule has 1 unspecified atom stereocenters. The highest BCUT2D eigenvalue weighted by atomic mass is 16.2. The van der Waals surface area contributed by atoms with E-state index in [4.69, 9.17) is 0 Å². The summed E-state index contributed by atoms with van der Waals surface area (Å²) in [6.07, 6.45) is 8.13. The molecule has 1 saturated heterocycles. The van der Waals surface area contributed by atoms with Crippen molar-refractivity contribution in [2.45, 2.75) is 64.0 Å². The molecule has 1 heterocycles. The number of unbranched alkanes of at least 4 members (excludes halogenated alkanes) is 1. The summed E-state index contributed by atoms with van der Waals surface area (Å²) in [7, 11) is 0. The Bertz CT molecular complexity index is 478. The highest BCUT2D eigenvalue weighted by Gasteiger charge is 2.33. The zero-order valence-electron chi connectivity index (χ0n) is 13.0. The van der Waals surface area contributed by atoms with Gasteiger partial charge in [0, 0.05) is 18.3 Å². The topological polar surface area (TPSA) is 32.3 Å². The number of amides is 1. The van der Waals surface area contributed by atoms with Gasteiger partial charge < -0.3 is 10.2 Å². The van der Waals surface area contributed by atoms with Gasteiger partial charge in [-0.05, 0) is 56.2 Å². The maximum Gasteiger partial charge on any atom is 0.244 e. The van der Waals surface area contributed by atoms with E-state index in [-0.39, 0.29) is 11.9 Å². The minimum absolute atomic E-state index is 0.0333.